The van der Waals surface area contributed by atoms with Gasteiger partial charge in [-0.05, 0) is 64.0 Å². The van der Waals surface area contributed by atoms with Crippen molar-refractivity contribution in [2.24, 2.45) is 0 Å². The summed E-state index contributed by atoms with van der Waals surface area (Å²) in [5.41, 5.74) is 1.09. The molecule has 3 rings (SSSR count). The van der Waals surface area contributed by atoms with Crippen molar-refractivity contribution in [1.82, 2.24) is 20.4 Å². The highest BCUT2D eigenvalue weighted by atomic mass is 32.1. The fourth-order valence-corrected chi connectivity index (χ4v) is 3.86. The van der Waals surface area contributed by atoms with E-state index in [2.05, 4.69) is 25.7 Å². The van der Waals surface area contributed by atoms with Gasteiger partial charge in [-0.2, -0.15) is 0 Å². The predicted molar refractivity (Wildman–Crippen MR) is 111 cm³/mol. The number of hydrogen-bond donors (Lipinski definition) is 2. The number of hydrogen-bond acceptors (Lipinski definition) is 6. The number of anilines is 1. The van der Waals surface area contributed by atoms with E-state index < -0.39 is 0 Å². The maximum Gasteiger partial charge on any atom is 0.286 e. The Labute approximate surface area is 169 Å². The van der Waals surface area contributed by atoms with E-state index in [0.29, 0.717) is 22.8 Å². The summed E-state index contributed by atoms with van der Waals surface area (Å²) in [7, 11) is 0. The Balaban J connectivity index is 1.46. The summed E-state index contributed by atoms with van der Waals surface area (Å²) < 4.78 is 0. The highest BCUT2D eigenvalue weighted by Gasteiger charge is 2.13. The van der Waals surface area contributed by atoms with Crippen molar-refractivity contribution in [2.75, 3.05) is 31.5 Å². The standard InChI is InChI=1S/C20H27N5O2S/c1-15-23-24-20(28-15)19(27)22-17-9-6-8-16(14-17)18(26)21-10-7-13-25-11-4-2-3-5-12-25/h6,8-9,14H,2-5,7,10-13H2,1H3,(H,21,26)(H,22,27). The third kappa shape index (κ3) is 6.10. The SMILES string of the molecule is Cc1nnc(C(=O)Nc2cccc(C(=O)NCCCN3CCCCCC3)c2)s1. The Hall–Kier alpha value is -2.32. The third-order valence-corrected chi connectivity index (χ3v) is 5.58. The Kier molecular flexibility index (Phi) is 7.50. The highest BCUT2D eigenvalue weighted by Crippen LogP contribution is 2.14. The zero-order valence-electron chi connectivity index (χ0n) is 16.2. The molecule has 1 fully saturated rings. The summed E-state index contributed by atoms with van der Waals surface area (Å²) in [5, 5.41) is 14.5. The molecule has 1 aliphatic heterocycles. The van der Waals surface area contributed by atoms with Gasteiger partial charge in [-0.15, -0.1) is 10.2 Å². The van der Waals surface area contributed by atoms with Crippen molar-refractivity contribution in [2.45, 2.75) is 39.0 Å². The van der Waals surface area contributed by atoms with Crippen molar-refractivity contribution in [3.63, 3.8) is 0 Å². The first-order valence-electron chi connectivity index (χ1n) is 9.84. The van der Waals surface area contributed by atoms with E-state index in [4.69, 9.17) is 0 Å². The quantitative estimate of drug-likeness (QED) is 0.696. The van der Waals surface area contributed by atoms with Gasteiger partial charge in [0.25, 0.3) is 11.8 Å². The van der Waals surface area contributed by atoms with Crippen molar-refractivity contribution < 1.29 is 9.59 Å². The second-order valence-electron chi connectivity index (χ2n) is 7.03. The molecule has 2 heterocycles. The van der Waals surface area contributed by atoms with Gasteiger partial charge in [0.2, 0.25) is 5.01 Å². The number of benzene rings is 1. The van der Waals surface area contributed by atoms with Crippen LogP contribution in [0.1, 0.15) is 57.3 Å². The Morgan fingerprint density at radius 1 is 1.11 bits per heavy atom. The third-order valence-electron chi connectivity index (χ3n) is 4.74. The minimum atomic E-state index is -0.319. The number of carbonyl (C=O) groups is 2. The van der Waals surface area contributed by atoms with E-state index in [0.717, 1.165) is 18.0 Å². The number of carbonyl (C=O) groups excluding carboxylic acids is 2. The van der Waals surface area contributed by atoms with Gasteiger partial charge >= 0.3 is 0 Å². The van der Waals surface area contributed by atoms with Gasteiger partial charge in [0, 0.05) is 17.8 Å². The minimum Gasteiger partial charge on any atom is -0.352 e. The van der Waals surface area contributed by atoms with Gasteiger partial charge in [0.1, 0.15) is 5.01 Å². The second kappa shape index (κ2) is 10.3. The van der Waals surface area contributed by atoms with Crippen LogP contribution in [0, 0.1) is 6.92 Å². The molecule has 0 bridgehead atoms. The molecule has 8 heteroatoms. The van der Waals surface area contributed by atoms with Gasteiger partial charge < -0.3 is 15.5 Å². The number of aryl methyl sites for hydroxylation is 1. The van der Waals surface area contributed by atoms with Crippen LogP contribution in [0.3, 0.4) is 0 Å². The fourth-order valence-electron chi connectivity index (χ4n) is 3.28. The average molecular weight is 402 g/mol. The summed E-state index contributed by atoms with van der Waals surface area (Å²) in [6.45, 7) is 5.81. The average Bonchev–Trinajstić information content (AvgIpc) is 2.97. The molecule has 1 saturated heterocycles. The predicted octanol–water partition coefficient (Wildman–Crippen LogP) is 3.09. The lowest BCUT2D eigenvalue weighted by molar-refractivity contribution is 0.0950. The van der Waals surface area contributed by atoms with Gasteiger partial charge in [0.15, 0.2) is 0 Å². The first kappa shape index (κ1) is 20.4. The molecule has 7 nitrogen and oxygen atoms in total. The molecule has 2 amide bonds. The molecule has 28 heavy (non-hydrogen) atoms. The molecule has 1 aromatic heterocycles. The maximum atomic E-state index is 12.4. The van der Waals surface area contributed by atoms with E-state index in [1.54, 1.807) is 31.2 Å². The smallest absolute Gasteiger partial charge is 0.286 e. The lowest BCUT2D eigenvalue weighted by Gasteiger charge is -2.19. The van der Waals surface area contributed by atoms with Crippen LogP contribution in [0.15, 0.2) is 24.3 Å². The number of aromatic nitrogens is 2. The monoisotopic (exact) mass is 401 g/mol. The maximum absolute atomic E-state index is 12.4. The molecule has 1 aliphatic rings. The van der Waals surface area contributed by atoms with Gasteiger partial charge in [-0.3, -0.25) is 9.59 Å². The molecule has 150 valence electrons. The molecule has 1 aromatic carbocycles. The van der Waals surface area contributed by atoms with Crippen LogP contribution < -0.4 is 10.6 Å². The van der Waals surface area contributed by atoms with Crippen LogP contribution >= 0.6 is 11.3 Å². The molecule has 2 N–H and O–H groups in total. The van der Waals surface area contributed by atoms with Gasteiger partial charge in [-0.1, -0.05) is 30.2 Å². The molecule has 0 unspecified atom stereocenters. The highest BCUT2D eigenvalue weighted by molar-refractivity contribution is 7.13. The largest absolute Gasteiger partial charge is 0.352 e. The lowest BCUT2D eigenvalue weighted by Crippen LogP contribution is -2.30. The van der Waals surface area contributed by atoms with Crippen molar-refractivity contribution >= 4 is 28.8 Å². The van der Waals surface area contributed by atoms with Crippen molar-refractivity contribution in [3.8, 4) is 0 Å². The summed E-state index contributed by atoms with van der Waals surface area (Å²) in [6, 6.07) is 6.93. The topological polar surface area (TPSA) is 87.2 Å². The van der Waals surface area contributed by atoms with Crippen LogP contribution in [0.25, 0.3) is 0 Å². The number of amides is 2. The van der Waals surface area contributed by atoms with E-state index in [1.807, 2.05) is 0 Å². The summed E-state index contributed by atoms with van der Waals surface area (Å²) in [6.07, 6.45) is 6.17. The fraction of sp³-hybridized carbons (Fsp3) is 0.500. The molecule has 2 aromatic rings. The summed E-state index contributed by atoms with van der Waals surface area (Å²) in [5.74, 6) is -0.445. The van der Waals surface area contributed by atoms with Crippen LogP contribution in [-0.4, -0.2) is 53.1 Å². The normalized spacial score (nSPS) is 15.0. The van der Waals surface area contributed by atoms with E-state index in [-0.39, 0.29) is 11.8 Å². The zero-order chi connectivity index (χ0) is 19.8. The van der Waals surface area contributed by atoms with Crippen molar-refractivity contribution in [3.05, 3.63) is 39.8 Å². The Morgan fingerprint density at radius 3 is 2.61 bits per heavy atom. The molecule has 0 radical (unpaired) electrons. The van der Waals surface area contributed by atoms with E-state index in [1.165, 1.54) is 50.1 Å². The minimum absolute atomic E-state index is 0.126. The number of likely N-dealkylation sites (tertiary alicyclic amines) is 1. The molecule has 0 saturated carbocycles. The van der Waals surface area contributed by atoms with E-state index in [9.17, 15) is 9.59 Å². The molecule has 0 spiro atoms. The first-order valence-corrected chi connectivity index (χ1v) is 10.7. The Morgan fingerprint density at radius 2 is 1.89 bits per heavy atom. The molecule has 0 aliphatic carbocycles. The van der Waals surface area contributed by atoms with Gasteiger partial charge in [-0.25, -0.2) is 0 Å². The van der Waals surface area contributed by atoms with E-state index >= 15 is 0 Å². The summed E-state index contributed by atoms with van der Waals surface area (Å²) >= 11 is 1.23. The number of nitrogens with zero attached hydrogens (tertiary/aromatic N) is 3. The second-order valence-corrected chi connectivity index (χ2v) is 8.21. The van der Waals surface area contributed by atoms with Gasteiger partial charge in [0.05, 0.1) is 0 Å². The van der Waals surface area contributed by atoms with Crippen LogP contribution in [0.2, 0.25) is 0 Å². The number of rotatable bonds is 7. The van der Waals surface area contributed by atoms with Crippen molar-refractivity contribution in [1.29, 1.82) is 0 Å². The number of nitrogens with one attached hydrogen (secondary N) is 2. The Bertz CT molecular complexity index is 799. The molecule has 0 atom stereocenters. The first-order chi connectivity index (χ1) is 13.6. The molecular weight excluding hydrogens is 374 g/mol. The lowest BCUT2D eigenvalue weighted by atomic mass is 10.2. The summed E-state index contributed by atoms with van der Waals surface area (Å²) in [4.78, 5) is 27.1. The van der Waals surface area contributed by atoms with Crippen LogP contribution in [-0.2, 0) is 0 Å². The van der Waals surface area contributed by atoms with Crippen LogP contribution in [0.4, 0.5) is 5.69 Å². The van der Waals surface area contributed by atoms with Crippen LogP contribution in [0.5, 0.6) is 0 Å². The zero-order valence-corrected chi connectivity index (χ0v) is 17.1. The molecular formula is C20H27N5O2S.